The van der Waals surface area contributed by atoms with Gasteiger partial charge in [0.25, 0.3) is 0 Å². The van der Waals surface area contributed by atoms with Crippen molar-refractivity contribution >= 4 is 55.6 Å². The Morgan fingerprint density at radius 2 is 0.703 bits per heavy atom. The molecule has 0 radical (unpaired) electrons. The molecule has 0 saturated carbocycles. The molecule has 0 N–H and O–H groups in total. The van der Waals surface area contributed by atoms with Crippen molar-refractivity contribution < 1.29 is 95.8 Å². The van der Waals surface area contributed by atoms with E-state index in [-0.39, 0.29) is 45.2 Å². The molecule has 4 nitrogen and oxygen atoms in total. The summed E-state index contributed by atoms with van der Waals surface area (Å²) in [5.41, 5.74) is 0. The topological polar surface area (TPSA) is 52.6 Å². The summed E-state index contributed by atoms with van der Waals surface area (Å²) in [4.78, 5) is 0. The zero-order valence-corrected chi connectivity index (χ0v) is 21.3. The number of rotatable bonds is 12. The number of halogens is 20. The van der Waals surface area contributed by atoms with Crippen LogP contribution in [0.5, 0.6) is 0 Å². The first-order valence-electron chi connectivity index (χ1n) is 7.98. The van der Waals surface area contributed by atoms with Crippen LogP contribution in [0, 0.1) is 0 Å². The van der Waals surface area contributed by atoms with Crippen LogP contribution in [-0.4, -0.2) is 77.4 Å². The molecule has 0 aromatic rings. The van der Waals surface area contributed by atoms with Crippen molar-refractivity contribution in [3.63, 3.8) is 0 Å². The van der Waals surface area contributed by atoms with Gasteiger partial charge in [0.05, 0.1) is 13.2 Å². The molecule has 2 unspecified atom stereocenters. The highest BCUT2D eigenvalue weighted by molar-refractivity contribution is 14.1. The molecule has 0 aliphatic rings. The number of hydrogen-bond acceptors (Lipinski definition) is 4. The van der Waals surface area contributed by atoms with Crippen molar-refractivity contribution in [2.45, 2.75) is 55.7 Å². The molecule has 0 aliphatic heterocycles. The van der Waals surface area contributed by atoms with Crippen molar-refractivity contribution in [1.82, 2.24) is 0 Å². The smallest absolute Gasteiger partial charge is 0.247 e. The van der Waals surface area contributed by atoms with Gasteiger partial charge in [-0.1, -0.05) is 45.2 Å². The van der Waals surface area contributed by atoms with Crippen molar-refractivity contribution in [3.8, 4) is 0 Å². The van der Waals surface area contributed by atoms with E-state index in [9.17, 15) is 87.4 Å². The van der Waals surface area contributed by atoms with E-state index in [0.717, 1.165) is 0 Å². The van der Waals surface area contributed by atoms with E-state index in [4.69, 9.17) is 0 Å². The van der Waals surface area contributed by atoms with Crippen LogP contribution in [0.2, 0.25) is 0 Å². The number of hydrogen-bond donors (Lipinski definition) is 0. The fourth-order valence-corrected chi connectivity index (χ4v) is 4.00. The minimum atomic E-state index is -7.38. The summed E-state index contributed by atoms with van der Waals surface area (Å²) in [5, 5.41) is 0. The van der Waals surface area contributed by atoms with Crippen LogP contribution >= 0.6 is 45.2 Å². The van der Waals surface area contributed by atoms with Crippen molar-refractivity contribution in [2.24, 2.45) is 0 Å². The van der Waals surface area contributed by atoms with Gasteiger partial charge in [0.15, 0.2) is 0 Å². The zero-order chi connectivity index (χ0) is 30.5. The van der Waals surface area contributed by atoms with Gasteiger partial charge in [0.2, 0.25) is 0 Å². The van der Waals surface area contributed by atoms with Crippen LogP contribution < -0.4 is 0 Å². The maximum Gasteiger partial charge on any atom is 0.460 e. The fraction of sp³-hybridized carbons (Fsp3) is 1.00. The van der Waals surface area contributed by atoms with Crippen molar-refractivity contribution in [3.05, 3.63) is 0 Å². The van der Waals surface area contributed by atoms with Gasteiger partial charge in [-0.25, -0.2) is 8.37 Å². The molecule has 0 spiro atoms. The van der Waals surface area contributed by atoms with Gasteiger partial charge in [0, 0.05) is 0 Å². The summed E-state index contributed by atoms with van der Waals surface area (Å²) >= 11 is 0.0254. The molecule has 0 saturated heterocycles. The molecule has 37 heavy (non-hydrogen) atoms. The Morgan fingerprint density at radius 3 is 0.892 bits per heavy atom. The normalized spacial score (nSPS) is 17.6. The van der Waals surface area contributed by atoms with Gasteiger partial charge in [0.1, 0.15) is 7.85 Å². The summed E-state index contributed by atoms with van der Waals surface area (Å²) in [6.45, 7) is -4.91. The third kappa shape index (κ3) is 6.87. The van der Waals surface area contributed by atoms with E-state index in [1.807, 2.05) is 0 Å². The van der Waals surface area contributed by atoms with E-state index < -0.39 is 79.3 Å². The summed E-state index contributed by atoms with van der Waals surface area (Å²) in [7, 11) is -6.10. The summed E-state index contributed by atoms with van der Waals surface area (Å²) in [5.74, 6) is -42.1. The van der Waals surface area contributed by atoms with Gasteiger partial charge in [-0.3, -0.25) is 0 Å². The second kappa shape index (κ2) is 10.8. The molecule has 0 bridgehead atoms. The zero-order valence-electron chi connectivity index (χ0n) is 16.2. The van der Waals surface area contributed by atoms with Crippen molar-refractivity contribution in [2.75, 3.05) is 13.2 Å². The molecule has 0 aromatic heterocycles. The lowest BCUT2D eigenvalue weighted by Crippen LogP contribution is -2.64. The second-order valence-corrected chi connectivity index (χ2v) is 10.7. The first kappa shape index (κ1) is 37.1. The molecular weight excluding hydrogens is 836 g/mol. The average Bonchev–Trinajstić information content (AvgIpc) is 2.67. The van der Waals surface area contributed by atoms with Crippen LogP contribution in [0.1, 0.15) is 0 Å². The second-order valence-electron chi connectivity index (χ2n) is 6.45. The minimum Gasteiger partial charge on any atom is -0.247 e. The molecule has 0 rings (SSSR count). The van der Waals surface area contributed by atoms with E-state index >= 15 is 0 Å². The van der Waals surface area contributed by atoms with E-state index in [2.05, 4.69) is 8.37 Å². The molecule has 0 aliphatic carbocycles. The highest BCUT2D eigenvalue weighted by Crippen LogP contribution is 2.56. The fourth-order valence-electron chi connectivity index (χ4n) is 1.70. The third-order valence-corrected chi connectivity index (χ3v) is 6.98. The molecule has 224 valence electrons. The monoisotopic (exact) mass is 842 g/mol. The lowest BCUT2D eigenvalue weighted by Gasteiger charge is -2.36. The third-order valence-electron chi connectivity index (χ3n) is 3.84. The first-order valence-corrected chi connectivity index (χ1v) is 11.8. The molecule has 0 amide bonds. The quantitative estimate of drug-likeness (QED) is 0.123. The summed E-state index contributed by atoms with van der Waals surface area (Å²) in [6, 6.07) is 0. The van der Waals surface area contributed by atoms with Crippen LogP contribution in [0.15, 0.2) is 0 Å². The SMILES string of the molecule is O=S(=O)(OCC(I)C(F)(F)C(F)(F)C(F)(F)C(F)(F)F)OCC(I)C(F)(F)C(F)(F)C(F)(F)C(F)(F)F. The Balaban J connectivity index is 5.57. The van der Waals surface area contributed by atoms with Gasteiger partial charge in [-0.2, -0.15) is 87.4 Å². The summed E-state index contributed by atoms with van der Waals surface area (Å²) < 4.78 is 253. The maximum atomic E-state index is 13.6. The minimum absolute atomic E-state index is 0.0127. The standard InChI is InChI=1S/C12H6F18I2O4S/c13-5(14,7(17,18)9(21,22)11(25,26)27)3(31)1-35-37(33,34)36-2-4(32)6(15,16)8(19,20)10(23,24)12(28,29)30/h3-4H,1-2H2. The van der Waals surface area contributed by atoms with Crippen LogP contribution in [0.3, 0.4) is 0 Å². The number of alkyl halides is 20. The van der Waals surface area contributed by atoms with Gasteiger partial charge >= 0.3 is 58.3 Å². The highest BCUT2D eigenvalue weighted by atomic mass is 127. The lowest BCUT2D eigenvalue weighted by molar-refractivity contribution is -0.395. The molecule has 25 heteroatoms. The molecular formula is C12H6F18I2O4S. The van der Waals surface area contributed by atoms with Gasteiger partial charge in [-0.15, -0.1) is 0 Å². The summed E-state index contributed by atoms with van der Waals surface area (Å²) in [6.07, 6.45) is -14.5. The highest BCUT2D eigenvalue weighted by Gasteiger charge is 2.84. The van der Waals surface area contributed by atoms with Gasteiger partial charge < -0.3 is 0 Å². The van der Waals surface area contributed by atoms with Crippen LogP contribution in [-0.2, 0) is 18.8 Å². The van der Waals surface area contributed by atoms with Crippen molar-refractivity contribution in [1.29, 1.82) is 0 Å². The lowest BCUT2D eigenvalue weighted by atomic mass is 10.0. The van der Waals surface area contributed by atoms with E-state index in [1.54, 1.807) is 0 Å². The van der Waals surface area contributed by atoms with Crippen LogP contribution in [0.25, 0.3) is 0 Å². The predicted molar refractivity (Wildman–Crippen MR) is 98.2 cm³/mol. The average molecular weight is 842 g/mol. The Morgan fingerprint density at radius 1 is 0.486 bits per heavy atom. The molecule has 0 aromatic carbocycles. The molecule has 2 atom stereocenters. The largest absolute Gasteiger partial charge is 0.460 e. The maximum absolute atomic E-state index is 13.6. The Hall–Kier alpha value is 0.0700. The molecule has 0 fully saturated rings. The first-order chi connectivity index (χ1) is 15.8. The predicted octanol–water partition coefficient (Wildman–Crippen LogP) is 6.81. The Kier molecular flexibility index (Phi) is 10.8. The Labute approximate surface area is 220 Å². The van der Waals surface area contributed by atoms with Gasteiger partial charge in [-0.05, 0) is 0 Å². The van der Waals surface area contributed by atoms with Crippen LogP contribution in [0.4, 0.5) is 79.0 Å². The Bertz CT molecular complexity index is 833. The van der Waals surface area contributed by atoms with E-state index in [0.29, 0.717) is 0 Å². The molecule has 0 heterocycles. The van der Waals surface area contributed by atoms with E-state index in [1.165, 1.54) is 0 Å².